The highest BCUT2D eigenvalue weighted by atomic mass is 16.5. The summed E-state index contributed by atoms with van der Waals surface area (Å²) in [5.41, 5.74) is 1.26. The smallest absolute Gasteiger partial charge is 0.264 e. The van der Waals surface area contributed by atoms with Gasteiger partial charge in [0.2, 0.25) is 0 Å². The maximum absolute atomic E-state index is 13.1. The number of morpholine rings is 1. The number of hydrogen-bond donors (Lipinski definition) is 4. The molecule has 0 spiro atoms. The Morgan fingerprint density at radius 2 is 2.09 bits per heavy atom. The van der Waals surface area contributed by atoms with Crippen LogP contribution in [0.25, 0.3) is 0 Å². The van der Waals surface area contributed by atoms with Crippen molar-refractivity contribution in [3.63, 3.8) is 0 Å². The predicted molar refractivity (Wildman–Crippen MR) is 121 cm³/mol. The summed E-state index contributed by atoms with van der Waals surface area (Å²) in [6, 6.07) is 3.71. The molecule has 10 heteroatoms. The van der Waals surface area contributed by atoms with Crippen LogP contribution in [0, 0.1) is 5.41 Å². The van der Waals surface area contributed by atoms with E-state index in [4.69, 9.17) is 14.9 Å². The number of likely N-dealkylation sites (N-methyl/N-ethyl adjacent to an activating group) is 1. The van der Waals surface area contributed by atoms with E-state index >= 15 is 0 Å². The van der Waals surface area contributed by atoms with Gasteiger partial charge in [0.15, 0.2) is 5.60 Å². The molecule has 0 aromatic heterocycles. The van der Waals surface area contributed by atoms with Crippen molar-refractivity contribution in [3.8, 4) is 5.75 Å². The van der Waals surface area contributed by atoms with Crippen molar-refractivity contribution in [1.29, 1.82) is 5.41 Å². The van der Waals surface area contributed by atoms with Gasteiger partial charge < -0.3 is 35.7 Å². The molecule has 10 nitrogen and oxygen atoms in total. The molecule has 0 aliphatic carbocycles. The van der Waals surface area contributed by atoms with Gasteiger partial charge in [-0.15, -0.1) is 0 Å². The molecule has 0 saturated carbocycles. The number of carbonyl (C=O) groups excluding carboxylic acids is 2. The third-order valence-electron chi connectivity index (χ3n) is 5.60. The Morgan fingerprint density at radius 1 is 1.31 bits per heavy atom. The first-order valence-electron chi connectivity index (χ1n) is 10.4. The van der Waals surface area contributed by atoms with E-state index in [9.17, 15) is 9.59 Å². The van der Waals surface area contributed by atoms with Crippen LogP contribution in [0.2, 0.25) is 0 Å². The first kappa shape index (κ1) is 21.6. The van der Waals surface area contributed by atoms with Crippen molar-refractivity contribution in [2.24, 2.45) is 4.99 Å². The van der Waals surface area contributed by atoms with Crippen LogP contribution < -0.4 is 25.6 Å². The molecule has 3 heterocycles. The fraction of sp³-hybridized carbons (Fsp3) is 0.364. The summed E-state index contributed by atoms with van der Waals surface area (Å²) < 4.78 is 11.5. The van der Waals surface area contributed by atoms with Crippen LogP contribution in [0.1, 0.15) is 12.5 Å². The van der Waals surface area contributed by atoms with Crippen molar-refractivity contribution in [2.75, 3.05) is 43.6 Å². The van der Waals surface area contributed by atoms with Gasteiger partial charge in [-0.2, -0.15) is 0 Å². The molecule has 1 saturated heterocycles. The lowest BCUT2D eigenvalue weighted by molar-refractivity contribution is -0.133. The zero-order chi connectivity index (χ0) is 22.7. The van der Waals surface area contributed by atoms with Gasteiger partial charge in [-0.3, -0.25) is 9.59 Å². The van der Waals surface area contributed by atoms with Crippen molar-refractivity contribution in [1.82, 2.24) is 10.6 Å². The van der Waals surface area contributed by atoms with E-state index < -0.39 is 11.5 Å². The number of amides is 2. The molecular weight excluding hydrogens is 412 g/mol. The number of anilines is 2. The standard InChI is InChI=1S/C22H26N6O4/c1-22(21(30)24-2)12-14-10-16(17(11-18(14)32-22)28-6-8-31-9-7-28)27-20(29)15(13-23)19-25-4-3-5-26-19/h3-5,10-11,13,23,25H,6-9,12H2,1-2H3,(H,24,30)(H,27,29)/b19-15-,23-13?/t22-/m0/s1. The molecule has 0 unspecified atom stereocenters. The van der Waals surface area contributed by atoms with E-state index in [-0.39, 0.29) is 11.5 Å². The molecule has 1 aromatic rings. The van der Waals surface area contributed by atoms with Crippen LogP contribution >= 0.6 is 0 Å². The highest BCUT2D eigenvalue weighted by Crippen LogP contribution is 2.42. The molecule has 3 aliphatic rings. The molecule has 0 bridgehead atoms. The minimum absolute atomic E-state index is 0.102. The van der Waals surface area contributed by atoms with E-state index in [0.717, 1.165) is 17.5 Å². The average molecular weight is 438 g/mol. The Labute approximate surface area is 185 Å². The number of nitrogens with one attached hydrogen (secondary N) is 4. The second-order valence-corrected chi connectivity index (χ2v) is 7.81. The summed E-state index contributed by atoms with van der Waals surface area (Å²) in [7, 11) is 1.58. The monoisotopic (exact) mass is 438 g/mol. The molecule has 4 rings (SSSR count). The van der Waals surface area contributed by atoms with Crippen LogP contribution in [0.5, 0.6) is 5.75 Å². The van der Waals surface area contributed by atoms with Crippen molar-refractivity contribution in [2.45, 2.75) is 18.9 Å². The van der Waals surface area contributed by atoms with Crippen molar-refractivity contribution >= 4 is 35.6 Å². The average Bonchev–Trinajstić information content (AvgIpc) is 3.16. The number of fused-ring (bicyclic) bond motifs is 1. The highest BCUT2D eigenvalue weighted by molar-refractivity contribution is 6.18. The lowest BCUT2D eigenvalue weighted by Gasteiger charge is -2.31. The van der Waals surface area contributed by atoms with Crippen LogP contribution in [0.4, 0.5) is 11.4 Å². The number of rotatable bonds is 5. The summed E-state index contributed by atoms with van der Waals surface area (Å²) in [6.45, 7) is 4.20. The van der Waals surface area contributed by atoms with Gasteiger partial charge in [0.05, 0.1) is 30.2 Å². The lowest BCUT2D eigenvalue weighted by Crippen LogP contribution is -2.46. The number of benzene rings is 1. The Bertz CT molecular complexity index is 1040. The van der Waals surface area contributed by atoms with Crippen molar-refractivity contribution < 1.29 is 19.1 Å². The summed E-state index contributed by atoms with van der Waals surface area (Å²) in [5, 5.41) is 16.2. The highest BCUT2D eigenvalue weighted by Gasteiger charge is 2.42. The third kappa shape index (κ3) is 4.09. The molecule has 0 radical (unpaired) electrons. The van der Waals surface area contributed by atoms with Gasteiger partial charge in [0.25, 0.3) is 11.8 Å². The third-order valence-corrected chi connectivity index (χ3v) is 5.60. The fourth-order valence-corrected chi connectivity index (χ4v) is 3.95. The Kier molecular flexibility index (Phi) is 5.95. The SMILES string of the molecule is CNC(=O)[C@]1(C)Cc2cc(NC(=O)/C(C=N)=C3\N=CC=CN3)c(N3CCOCC3)cc2O1. The minimum atomic E-state index is -1.02. The van der Waals surface area contributed by atoms with Gasteiger partial charge in [-0.05, 0) is 19.1 Å². The molecule has 32 heavy (non-hydrogen) atoms. The van der Waals surface area contributed by atoms with Crippen LogP contribution in [-0.2, 0) is 20.7 Å². The summed E-state index contributed by atoms with van der Waals surface area (Å²) in [6.07, 6.45) is 6.24. The number of carbonyl (C=O) groups is 2. The Morgan fingerprint density at radius 3 is 2.75 bits per heavy atom. The first-order valence-corrected chi connectivity index (χ1v) is 10.4. The maximum Gasteiger partial charge on any atom is 0.264 e. The van der Waals surface area contributed by atoms with Crippen LogP contribution in [0.15, 0.2) is 40.8 Å². The fourth-order valence-electron chi connectivity index (χ4n) is 3.95. The maximum atomic E-state index is 13.1. The van der Waals surface area contributed by atoms with E-state index in [1.165, 1.54) is 0 Å². The molecular formula is C22H26N6O4. The van der Waals surface area contributed by atoms with Gasteiger partial charge in [0.1, 0.15) is 11.6 Å². The topological polar surface area (TPSA) is 128 Å². The normalized spacial score (nSPS) is 23.0. The van der Waals surface area contributed by atoms with Crippen LogP contribution in [-0.4, -0.2) is 63.2 Å². The first-order chi connectivity index (χ1) is 15.4. The summed E-state index contributed by atoms with van der Waals surface area (Å²) in [5.74, 6) is 0.240. The van der Waals surface area contributed by atoms with E-state index in [1.54, 1.807) is 32.5 Å². The minimum Gasteiger partial charge on any atom is -0.477 e. The quantitative estimate of drug-likeness (QED) is 0.400. The predicted octanol–water partition coefficient (Wildman–Crippen LogP) is 0.950. The molecule has 1 fully saturated rings. The number of hydrogen-bond acceptors (Lipinski definition) is 8. The summed E-state index contributed by atoms with van der Waals surface area (Å²) >= 11 is 0. The molecule has 2 amide bonds. The molecule has 1 aromatic carbocycles. The summed E-state index contributed by atoms with van der Waals surface area (Å²) in [4.78, 5) is 31.7. The number of aliphatic imine (C=N–C) groups is 1. The molecule has 1 atom stereocenters. The zero-order valence-corrected chi connectivity index (χ0v) is 18.0. The van der Waals surface area contributed by atoms with E-state index in [0.29, 0.717) is 50.0 Å². The molecule has 168 valence electrons. The number of nitrogens with zero attached hydrogens (tertiary/aromatic N) is 2. The largest absolute Gasteiger partial charge is 0.477 e. The zero-order valence-electron chi connectivity index (χ0n) is 18.0. The lowest BCUT2D eigenvalue weighted by atomic mass is 9.97. The number of allylic oxidation sites excluding steroid dienone is 1. The Hall–Kier alpha value is -3.66. The van der Waals surface area contributed by atoms with Gasteiger partial charge in [-0.1, -0.05) is 0 Å². The van der Waals surface area contributed by atoms with E-state index in [2.05, 4.69) is 25.8 Å². The van der Waals surface area contributed by atoms with Gasteiger partial charge >= 0.3 is 0 Å². The van der Waals surface area contributed by atoms with Gasteiger partial charge in [0, 0.05) is 56.8 Å². The molecule has 3 aliphatic heterocycles. The second kappa shape index (κ2) is 8.83. The van der Waals surface area contributed by atoms with E-state index in [1.807, 2.05) is 12.1 Å². The number of ether oxygens (including phenoxy) is 2. The molecule has 4 N–H and O–H groups in total. The second-order valence-electron chi connectivity index (χ2n) is 7.81. The Balaban J connectivity index is 1.69. The van der Waals surface area contributed by atoms with Crippen molar-refractivity contribution in [3.05, 3.63) is 41.4 Å². The van der Waals surface area contributed by atoms with Crippen LogP contribution in [0.3, 0.4) is 0 Å². The van der Waals surface area contributed by atoms with Gasteiger partial charge in [-0.25, -0.2) is 4.99 Å².